The Labute approximate surface area is 123 Å². The summed E-state index contributed by atoms with van der Waals surface area (Å²) in [5.74, 6) is 0. The second-order valence-corrected chi connectivity index (χ2v) is 0. The van der Waals surface area contributed by atoms with Crippen molar-refractivity contribution in [1.29, 1.82) is 0 Å². The van der Waals surface area contributed by atoms with Gasteiger partial charge in [0.1, 0.15) is 0 Å². The van der Waals surface area contributed by atoms with E-state index in [0.29, 0.717) is 0 Å². The summed E-state index contributed by atoms with van der Waals surface area (Å²) in [6.45, 7) is 0. The molecule has 0 rings (SSSR count). The van der Waals surface area contributed by atoms with Gasteiger partial charge in [-0.3, -0.25) is 0 Å². The molecule has 0 unspecified atom stereocenters. The molecule has 0 aromatic carbocycles. The van der Waals surface area contributed by atoms with E-state index in [1.165, 1.54) is 0 Å². The Hall–Kier alpha value is 3.87. The predicted molar refractivity (Wildman–Crippen MR) is 23.0 cm³/mol. The molecule has 0 amide bonds. The number of hydrogen-bond donors (Lipinski definition) is 0. The van der Waals surface area contributed by atoms with Gasteiger partial charge in [-0.2, -0.15) is 0 Å². The van der Waals surface area contributed by atoms with Crippen molar-refractivity contribution in [3.05, 3.63) is 0 Å². The normalized spacial score (nSPS) is 0. The largest absolute Gasteiger partial charge is 3.00 e. The number of hydrogen-bond acceptors (Lipinski definition) is 0. The molecule has 3 radical (unpaired) electrons. The topological polar surface area (TPSA) is 0 Å². The van der Waals surface area contributed by atoms with Crippen LogP contribution in [0.2, 0.25) is 0 Å². The van der Waals surface area contributed by atoms with E-state index in [0.717, 1.165) is 0 Å². The second-order valence-electron chi connectivity index (χ2n) is 0. The summed E-state index contributed by atoms with van der Waals surface area (Å²) in [5.41, 5.74) is 0. The van der Waals surface area contributed by atoms with Gasteiger partial charge in [0, 0.05) is 0 Å². The Bertz CT molecular complexity index is 10.1. The summed E-state index contributed by atoms with van der Waals surface area (Å²) in [6, 6.07) is 0. The Morgan fingerprint density at radius 1 is 0.429 bits per heavy atom. The van der Waals surface area contributed by atoms with Crippen molar-refractivity contribution in [2.24, 2.45) is 0 Å². The standard InChI is InChI=1S/3As.Ga.3Mn/q3*-3;+3;3*+2. The Morgan fingerprint density at radius 2 is 0.429 bits per heavy atom. The summed E-state index contributed by atoms with van der Waals surface area (Å²) in [6.07, 6.45) is 0. The van der Waals surface area contributed by atoms with Gasteiger partial charge in [0.25, 0.3) is 0 Å². The quantitative estimate of drug-likeness (QED) is 0.386. The van der Waals surface area contributed by atoms with Crippen LogP contribution in [0.25, 0.3) is 0 Å². The Kier molecular flexibility index (Phi) is 524. The van der Waals surface area contributed by atoms with Crippen LogP contribution in [0.1, 0.15) is 0 Å². The first-order valence-corrected chi connectivity index (χ1v) is 0. The molecule has 0 saturated carbocycles. The number of rotatable bonds is 0. The second kappa shape index (κ2) is 51.8. The fourth-order valence-electron chi connectivity index (χ4n) is 0. The monoisotopic (exact) mass is 459 g/mol. The van der Waals surface area contributed by atoms with E-state index in [-0.39, 0.29) is 125 Å². The SMILES string of the molecule is [As-3].[As-3].[As-3].[Ga+3].[Mn+2].[Mn+2].[Mn+2]. The molecule has 0 spiro atoms. The van der Waals surface area contributed by atoms with Crippen LogP contribution >= 0.6 is 0 Å². The van der Waals surface area contributed by atoms with Crippen molar-refractivity contribution in [2.75, 3.05) is 0 Å². The van der Waals surface area contributed by atoms with Crippen LogP contribution in [-0.2, 0) is 51.2 Å². The van der Waals surface area contributed by atoms with Gasteiger partial charge >= 0.3 is 71.0 Å². The van der Waals surface area contributed by atoms with Gasteiger partial charge in [0.2, 0.25) is 0 Å². The Morgan fingerprint density at radius 3 is 0.429 bits per heavy atom. The summed E-state index contributed by atoms with van der Waals surface area (Å²) >= 11 is 0. The van der Waals surface area contributed by atoms with Gasteiger partial charge in [-0.15, -0.1) is 0 Å². The van der Waals surface area contributed by atoms with Crippen molar-refractivity contribution < 1.29 is 51.2 Å². The van der Waals surface area contributed by atoms with Crippen LogP contribution in [0.3, 0.4) is 0 Å². The first-order valence-electron chi connectivity index (χ1n) is 0. The predicted octanol–water partition coefficient (Wildman–Crippen LogP) is -1.53. The molecular weight excluding hydrogens is 459 g/mol. The minimum absolute atomic E-state index is 0. The average molecular weight is 459 g/mol. The van der Waals surface area contributed by atoms with E-state index < -0.39 is 0 Å². The fourth-order valence-corrected chi connectivity index (χ4v) is 0. The summed E-state index contributed by atoms with van der Waals surface area (Å²) in [4.78, 5) is 0. The minimum Gasteiger partial charge on any atom is -3.00 e. The molecule has 0 aliphatic rings. The molecule has 0 bridgehead atoms. The maximum absolute atomic E-state index is 0. The Balaban J connectivity index is 0. The third kappa shape index (κ3) is 40.8. The summed E-state index contributed by atoms with van der Waals surface area (Å²) in [5, 5.41) is 0. The molecule has 0 fully saturated rings. The van der Waals surface area contributed by atoms with Gasteiger partial charge in [-0.25, -0.2) is 0 Å². The first-order chi connectivity index (χ1) is 0. The van der Waals surface area contributed by atoms with Crippen molar-refractivity contribution in [1.82, 2.24) is 0 Å². The molecule has 0 N–H and O–H groups in total. The third-order valence-corrected chi connectivity index (χ3v) is 0. The van der Waals surface area contributed by atoms with Gasteiger partial charge in [-0.05, 0) is 0 Å². The molecule has 7 heteroatoms. The van der Waals surface area contributed by atoms with E-state index in [2.05, 4.69) is 0 Å². The van der Waals surface area contributed by atoms with Crippen LogP contribution in [0.5, 0.6) is 0 Å². The van der Waals surface area contributed by atoms with E-state index in [4.69, 9.17) is 0 Å². The average Bonchev–Trinajstić information content (AvgIpc) is 0. The van der Waals surface area contributed by atoms with Crippen molar-refractivity contribution >= 4 is 73.7 Å². The van der Waals surface area contributed by atoms with Crippen molar-refractivity contribution in [3.63, 3.8) is 0 Å². The van der Waals surface area contributed by atoms with Crippen molar-refractivity contribution in [2.45, 2.75) is 0 Å². The smallest absolute Gasteiger partial charge is 3.00 e. The summed E-state index contributed by atoms with van der Waals surface area (Å²) in [7, 11) is 0. The van der Waals surface area contributed by atoms with Crippen LogP contribution in [-0.4, -0.2) is 73.7 Å². The summed E-state index contributed by atoms with van der Waals surface area (Å²) < 4.78 is 0. The maximum Gasteiger partial charge on any atom is 3.00 e. The van der Waals surface area contributed by atoms with Crippen LogP contribution in [0.4, 0.5) is 0 Å². The van der Waals surface area contributed by atoms with Gasteiger partial charge in [0.15, 0.2) is 0 Å². The molecule has 0 aliphatic carbocycles. The molecular formula is As3GaMn3. The molecule has 0 nitrogen and oxygen atoms in total. The molecule has 39 valence electrons. The minimum atomic E-state index is 0. The molecule has 0 aliphatic heterocycles. The van der Waals surface area contributed by atoms with E-state index in [1.807, 2.05) is 0 Å². The molecule has 0 aromatic heterocycles. The van der Waals surface area contributed by atoms with E-state index in [9.17, 15) is 0 Å². The molecule has 7 heavy (non-hydrogen) atoms. The molecule has 0 atom stereocenters. The zero-order valence-corrected chi connectivity index (χ0v) is 14.6. The van der Waals surface area contributed by atoms with Crippen molar-refractivity contribution in [3.8, 4) is 0 Å². The molecule has 0 heterocycles. The zero-order valence-electron chi connectivity index (χ0n) is 3.05. The molecule has 0 saturated heterocycles. The van der Waals surface area contributed by atoms with Crippen LogP contribution in [0, 0.1) is 0 Å². The van der Waals surface area contributed by atoms with Gasteiger partial charge < -0.3 is 53.9 Å². The third-order valence-electron chi connectivity index (χ3n) is 0. The van der Waals surface area contributed by atoms with E-state index in [1.54, 1.807) is 0 Å². The van der Waals surface area contributed by atoms with Crippen LogP contribution < -0.4 is 0 Å². The van der Waals surface area contributed by atoms with Gasteiger partial charge in [0.05, 0.1) is 0 Å². The van der Waals surface area contributed by atoms with Crippen LogP contribution in [0.15, 0.2) is 0 Å². The van der Waals surface area contributed by atoms with Gasteiger partial charge in [-0.1, -0.05) is 0 Å². The maximum atomic E-state index is 0. The zero-order chi connectivity index (χ0) is 0. The van der Waals surface area contributed by atoms with E-state index >= 15 is 0 Å². The fraction of sp³-hybridized carbons (Fsp3) is 0. The first kappa shape index (κ1) is 70.7. The molecule has 0 aromatic rings.